The zero-order chi connectivity index (χ0) is 35.9. The lowest BCUT2D eigenvalue weighted by Gasteiger charge is -2.18. The lowest BCUT2D eigenvalue weighted by atomic mass is 9.93. The minimum Gasteiger partial charge on any atom is -0.510 e. The van der Waals surface area contributed by atoms with Crippen LogP contribution in [-0.2, 0) is 9.59 Å². The number of rotatable bonds is 21. The largest absolute Gasteiger partial charge is 0.510 e. The van der Waals surface area contributed by atoms with Gasteiger partial charge in [-0.2, -0.15) is 0 Å². The van der Waals surface area contributed by atoms with Gasteiger partial charge in [-0.3, -0.25) is 15.0 Å². The Morgan fingerprint density at radius 2 is 1.58 bits per heavy atom. The first-order valence-electron chi connectivity index (χ1n) is 17.2. The van der Waals surface area contributed by atoms with Gasteiger partial charge in [0, 0.05) is 37.9 Å². The molecule has 8 nitrogen and oxygen atoms in total. The third-order valence-electron chi connectivity index (χ3n) is 8.14. The highest BCUT2D eigenvalue weighted by Crippen LogP contribution is 2.20. The number of allylic oxidation sites excluding steroid dienone is 15. The summed E-state index contributed by atoms with van der Waals surface area (Å²) < 4.78 is 0. The van der Waals surface area contributed by atoms with Crippen LogP contribution < -0.4 is 11.1 Å². The summed E-state index contributed by atoms with van der Waals surface area (Å²) in [6.07, 6.45) is 34.1. The monoisotopic (exact) mass is 660 g/mol. The summed E-state index contributed by atoms with van der Waals surface area (Å²) in [5, 5.41) is 30.4. The molecule has 0 spiro atoms. The van der Waals surface area contributed by atoms with Crippen molar-refractivity contribution >= 4 is 17.6 Å². The van der Waals surface area contributed by atoms with Gasteiger partial charge in [0.25, 0.3) is 5.91 Å². The van der Waals surface area contributed by atoms with Crippen molar-refractivity contribution in [2.24, 2.45) is 23.5 Å². The Morgan fingerprint density at radius 3 is 2.23 bits per heavy atom. The van der Waals surface area contributed by atoms with E-state index in [1.165, 1.54) is 0 Å². The predicted octanol–water partition coefficient (Wildman–Crippen LogP) is 7.90. The molecule has 1 aliphatic rings. The molecule has 0 heterocycles. The fourth-order valence-electron chi connectivity index (χ4n) is 4.94. The molecule has 0 aromatic carbocycles. The van der Waals surface area contributed by atoms with Crippen molar-refractivity contribution in [1.29, 1.82) is 5.41 Å². The third kappa shape index (κ3) is 18.2. The number of hydrogen-bond donors (Lipinski definition) is 5. The van der Waals surface area contributed by atoms with Crippen molar-refractivity contribution in [3.63, 3.8) is 0 Å². The van der Waals surface area contributed by atoms with E-state index in [2.05, 4.69) is 49.5 Å². The molecule has 0 saturated heterocycles. The Labute approximate surface area is 289 Å². The van der Waals surface area contributed by atoms with E-state index in [9.17, 15) is 19.8 Å². The molecule has 0 aromatic rings. The smallest absolute Gasteiger partial charge is 0.251 e. The van der Waals surface area contributed by atoms with Gasteiger partial charge in [-0.15, -0.1) is 0 Å². The van der Waals surface area contributed by atoms with Crippen LogP contribution in [0.25, 0.3) is 0 Å². The summed E-state index contributed by atoms with van der Waals surface area (Å²) in [6.45, 7) is 10.9. The van der Waals surface area contributed by atoms with Crippen LogP contribution >= 0.6 is 0 Å². The number of nitrogens with two attached hydrogens (primary N) is 1. The molecule has 0 fully saturated rings. The molecule has 6 N–H and O–H groups in total. The van der Waals surface area contributed by atoms with Crippen molar-refractivity contribution in [3.05, 3.63) is 108 Å². The predicted molar refractivity (Wildman–Crippen MR) is 200 cm³/mol. The first kappa shape index (κ1) is 41.9. The Morgan fingerprint density at radius 1 is 0.938 bits per heavy atom. The molecule has 4 atom stereocenters. The maximum atomic E-state index is 12.2. The molecule has 1 rings (SSSR count). The molecule has 1 aliphatic carbocycles. The highest BCUT2D eigenvalue weighted by molar-refractivity contribution is 6.04. The van der Waals surface area contributed by atoms with E-state index < -0.39 is 12.0 Å². The highest BCUT2D eigenvalue weighted by atomic mass is 16.3. The van der Waals surface area contributed by atoms with E-state index in [1.54, 1.807) is 30.1 Å². The topological polar surface area (TPSA) is 140 Å². The van der Waals surface area contributed by atoms with Crippen molar-refractivity contribution in [2.45, 2.75) is 92.1 Å². The van der Waals surface area contributed by atoms with E-state index in [0.29, 0.717) is 17.4 Å². The zero-order valence-corrected chi connectivity index (χ0v) is 30.0. The van der Waals surface area contributed by atoms with Crippen LogP contribution in [0.3, 0.4) is 0 Å². The minimum atomic E-state index is -0.529. The number of carbonyl (C=O) groups is 2. The molecule has 0 bridgehead atoms. The lowest BCUT2D eigenvalue weighted by molar-refractivity contribution is -0.120. The van der Waals surface area contributed by atoms with Gasteiger partial charge in [0.2, 0.25) is 0 Å². The van der Waals surface area contributed by atoms with Gasteiger partial charge in [0.1, 0.15) is 11.5 Å². The van der Waals surface area contributed by atoms with Crippen LogP contribution in [0.15, 0.2) is 108 Å². The van der Waals surface area contributed by atoms with Gasteiger partial charge in [-0.05, 0) is 69.8 Å². The average molecular weight is 661 g/mol. The van der Waals surface area contributed by atoms with E-state index in [0.717, 1.165) is 50.6 Å². The van der Waals surface area contributed by atoms with E-state index in [1.807, 2.05) is 57.4 Å². The van der Waals surface area contributed by atoms with Crippen molar-refractivity contribution < 1.29 is 19.8 Å². The van der Waals surface area contributed by atoms with Crippen molar-refractivity contribution in [1.82, 2.24) is 10.2 Å². The molecule has 8 heteroatoms. The molecule has 0 radical (unpaired) electrons. The third-order valence-corrected chi connectivity index (χ3v) is 8.14. The van der Waals surface area contributed by atoms with E-state index in [4.69, 9.17) is 11.1 Å². The van der Waals surface area contributed by atoms with Gasteiger partial charge in [0.15, 0.2) is 11.7 Å². The normalized spacial score (nSPS) is 17.6. The molecule has 264 valence electrons. The Hall–Kier alpha value is -4.17. The Kier molecular flexibility index (Phi) is 21.0. The number of carbonyl (C=O) groups excluding carboxylic acids is 2. The van der Waals surface area contributed by atoms with Crippen LogP contribution in [0.1, 0.15) is 86.0 Å². The molecule has 4 unspecified atom stereocenters. The number of aliphatic hydroxyl groups is 2. The fraction of sp³-hybridized carbons (Fsp3) is 0.475. The van der Waals surface area contributed by atoms with Crippen LogP contribution in [-0.4, -0.2) is 52.5 Å². The highest BCUT2D eigenvalue weighted by Gasteiger charge is 2.24. The van der Waals surface area contributed by atoms with Crippen LogP contribution in [0.4, 0.5) is 0 Å². The standard InChI is InChI=1S/C40H60N4O4/c1-30(21-15-12-13-20-28-44(6)40(41)42)22-16-14-17-23-31(2)29-34(5)38(47)32(3)24-18-10-8-7-9-11-19-25-33(4)39(48)43-37-35(45)26-27-36(37)46/h7-12,15-16,18-19,22,24-25,29-32,38,45,47H,13-14,17,20-21,23,26-28H2,1-6H3,(H3,41,42)(H,43,48)/b9-7+,10-8+,15-12+,19-11+,22-16+,24-18+,33-25+,34-29+. The lowest BCUT2D eigenvalue weighted by Crippen LogP contribution is -2.33. The summed E-state index contributed by atoms with van der Waals surface area (Å²) in [6, 6.07) is 0. The summed E-state index contributed by atoms with van der Waals surface area (Å²) in [4.78, 5) is 25.6. The molecule has 0 saturated carbocycles. The summed E-state index contributed by atoms with van der Waals surface area (Å²) in [7, 11) is 1.84. The maximum absolute atomic E-state index is 12.2. The SMILES string of the molecule is C\C(=C/C=C/C=C/C=C/C=C/C(C)C(O)/C(C)=C/C(C)CCC/C=C/C(C)C/C=C/CCCN(C)C(=N)N)C(=O)NC1=C(O)CCC1=O. The number of ketones is 1. The molecule has 0 aromatic heterocycles. The van der Waals surface area contributed by atoms with Crippen LogP contribution in [0, 0.1) is 23.2 Å². The Bertz CT molecular complexity index is 1310. The second-order valence-corrected chi connectivity index (χ2v) is 12.8. The van der Waals surface area contributed by atoms with Crippen molar-refractivity contribution in [2.75, 3.05) is 13.6 Å². The first-order chi connectivity index (χ1) is 22.8. The van der Waals surface area contributed by atoms with Gasteiger partial charge < -0.3 is 26.2 Å². The number of amides is 1. The van der Waals surface area contributed by atoms with Crippen LogP contribution in [0.5, 0.6) is 0 Å². The molecule has 48 heavy (non-hydrogen) atoms. The molecular weight excluding hydrogens is 600 g/mol. The average Bonchev–Trinajstić information content (AvgIpc) is 3.36. The molecular formula is C40H60N4O4. The number of aliphatic hydroxyl groups excluding tert-OH is 2. The minimum absolute atomic E-state index is 0.00213. The summed E-state index contributed by atoms with van der Waals surface area (Å²) in [5.74, 6) is 0.284. The number of unbranched alkanes of at least 4 members (excludes halogenated alkanes) is 2. The second-order valence-electron chi connectivity index (χ2n) is 12.8. The van der Waals surface area contributed by atoms with Crippen molar-refractivity contribution in [3.8, 4) is 0 Å². The number of guanidine groups is 1. The number of hydrogen-bond acceptors (Lipinski definition) is 5. The first-order valence-corrected chi connectivity index (χ1v) is 17.2. The second kappa shape index (κ2) is 24.0. The summed E-state index contributed by atoms with van der Waals surface area (Å²) >= 11 is 0. The van der Waals surface area contributed by atoms with Gasteiger partial charge in [-0.1, -0.05) is 106 Å². The van der Waals surface area contributed by atoms with Gasteiger partial charge in [-0.25, -0.2) is 0 Å². The number of nitrogens with zero attached hydrogens (tertiary/aromatic N) is 1. The number of Topliss-reactive ketones (excluding diaryl/α,β-unsaturated/α-hetero) is 1. The van der Waals surface area contributed by atoms with Crippen LogP contribution in [0.2, 0.25) is 0 Å². The fourth-order valence-corrected chi connectivity index (χ4v) is 4.94. The summed E-state index contributed by atoms with van der Waals surface area (Å²) in [5.41, 5.74) is 6.88. The Balaban J connectivity index is 2.33. The molecule has 1 amide bonds. The number of nitrogens with one attached hydrogen (secondary N) is 2. The molecule has 0 aliphatic heterocycles. The quantitative estimate of drug-likeness (QED) is 0.0212. The van der Waals surface area contributed by atoms with Gasteiger partial charge >= 0.3 is 0 Å². The van der Waals surface area contributed by atoms with E-state index in [-0.39, 0.29) is 42.0 Å². The maximum Gasteiger partial charge on any atom is 0.251 e. The zero-order valence-electron chi connectivity index (χ0n) is 30.0. The van der Waals surface area contributed by atoms with E-state index >= 15 is 0 Å². The van der Waals surface area contributed by atoms with Gasteiger partial charge in [0.05, 0.1) is 6.10 Å².